The number of amides is 2. The van der Waals surface area contributed by atoms with Crippen LogP contribution in [0.3, 0.4) is 0 Å². The van der Waals surface area contributed by atoms with Gasteiger partial charge in [0.1, 0.15) is 12.6 Å². The van der Waals surface area contributed by atoms with Crippen LogP contribution < -0.4 is 16.0 Å². The molecule has 1 aromatic heterocycles. The number of thiophene rings is 1. The number of nitrogens with one attached hydrogen (secondary N) is 3. The standard InChI is InChI=1S/C16H19N3O3S/c1-11(16(22)17-9-14-6-3-7-23-14)18-12-4-2-5-13(8-12)19-15(21)10-20/h2-8,11,18,20H,9-10H2,1H3,(H,17,22)(H,19,21). The number of aliphatic hydroxyl groups is 1. The third kappa shape index (κ3) is 5.39. The fraction of sp³-hybridized carbons (Fsp3) is 0.250. The predicted molar refractivity (Wildman–Crippen MR) is 91.4 cm³/mol. The maximum absolute atomic E-state index is 12.1. The summed E-state index contributed by atoms with van der Waals surface area (Å²) in [7, 11) is 0. The van der Waals surface area contributed by atoms with Crippen molar-refractivity contribution in [3.63, 3.8) is 0 Å². The molecule has 2 amide bonds. The van der Waals surface area contributed by atoms with Crippen molar-refractivity contribution in [3.8, 4) is 0 Å². The molecule has 0 radical (unpaired) electrons. The van der Waals surface area contributed by atoms with Gasteiger partial charge < -0.3 is 21.1 Å². The fourth-order valence-corrected chi connectivity index (χ4v) is 2.59. The Morgan fingerprint density at radius 1 is 1.22 bits per heavy atom. The van der Waals surface area contributed by atoms with E-state index in [0.717, 1.165) is 4.88 Å². The van der Waals surface area contributed by atoms with Gasteiger partial charge in [0.15, 0.2) is 0 Å². The molecular formula is C16H19N3O3S. The van der Waals surface area contributed by atoms with Gasteiger partial charge in [-0.1, -0.05) is 12.1 Å². The number of benzene rings is 1. The van der Waals surface area contributed by atoms with Crippen molar-refractivity contribution in [1.82, 2.24) is 5.32 Å². The fourth-order valence-electron chi connectivity index (χ4n) is 1.94. The van der Waals surface area contributed by atoms with Crippen LogP contribution in [-0.2, 0) is 16.1 Å². The van der Waals surface area contributed by atoms with E-state index in [1.165, 1.54) is 0 Å². The van der Waals surface area contributed by atoms with Gasteiger partial charge in [0.25, 0.3) is 0 Å². The van der Waals surface area contributed by atoms with Gasteiger partial charge in [-0.3, -0.25) is 9.59 Å². The molecule has 122 valence electrons. The first-order chi connectivity index (χ1) is 11.1. The Morgan fingerprint density at radius 3 is 2.70 bits per heavy atom. The highest BCUT2D eigenvalue weighted by Crippen LogP contribution is 2.16. The van der Waals surface area contributed by atoms with Gasteiger partial charge in [-0.25, -0.2) is 0 Å². The lowest BCUT2D eigenvalue weighted by molar-refractivity contribution is -0.121. The Hall–Kier alpha value is -2.38. The van der Waals surface area contributed by atoms with Crippen molar-refractivity contribution in [2.24, 2.45) is 0 Å². The highest BCUT2D eigenvalue weighted by Gasteiger charge is 2.12. The molecule has 1 atom stereocenters. The zero-order chi connectivity index (χ0) is 16.7. The van der Waals surface area contributed by atoms with Crippen LogP contribution in [0.4, 0.5) is 11.4 Å². The normalized spacial score (nSPS) is 11.6. The molecule has 4 N–H and O–H groups in total. The lowest BCUT2D eigenvalue weighted by Gasteiger charge is -2.16. The highest BCUT2D eigenvalue weighted by atomic mass is 32.1. The lowest BCUT2D eigenvalue weighted by atomic mass is 10.2. The predicted octanol–water partition coefficient (Wildman–Crippen LogP) is 1.80. The minimum Gasteiger partial charge on any atom is -0.387 e. The number of carbonyl (C=O) groups excluding carboxylic acids is 2. The third-order valence-electron chi connectivity index (χ3n) is 3.08. The molecule has 2 aromatic rings. The van der Waals surface area contributed by atoms with Gasteiger partial charge in [-0.05, 0) is 36.6 Å². The van der Waals surface area contributed by atoms with Gasteiger partial charge in [0, 0.05) is 16.3 Å². The molecule has 6 nitrogen and oxygen atoms in total. The Morgan fingerprint density at radius 2 is 2.00 bits per heavy atom. The summed E-state index contributed by atoms with van der Waals surface area (Å²) in [4.78, 5) is 24.4. The Bertz CT molecular complexity index is 658. The minimum absolute atomic E-state index is 0.108. The average molecular weight is 333 g/mol. The topological polar surface area (TPSA) is 90.5 Å². The van der Waals surface area contributed by atoms with E-state index in [2.05, 4.69) is 16.0 Å². The molecule has 0 spiro atoms. The molecule has 0 saturated carbocycles. The molecule has 0 aliphatic heterocycles. The van der Waals surface area contributed by atoms with Crippen LogP contribution in [0.2, 0.25) is 0 Å². The van der Waals surface area contributed by atoms with E-state index in [1.54, 1.807) is 42.5 Å². The van der Waals surface area contributed by atoms with E-state index >= 15 is 0 Å². The first kappa shape index (κ1) is 17.0. The Balaban J connectivity index is 1.88. The quantitative estimate of drug-likeness (QED) is 0.622. The summed E-state index contributed by atoms with van der Waals surface area (Å²) < 4.78 is 0. The van der Waals surface area contributed by atoms with Crippen LogP contribution in [0.25, 0.3) is 0 Å². The molecular weight excluding hydrogens is 314 g/mol. The molecule has 7 heteroatoms. The molecule has 1 heterocycles. The summed E-state index contributed by atoms with van der Waals surface area (Å²) in [5.41, 5.74) is 1.26. The number of anilines is 2. The van der Waals surface area contributed by atoms with Crippen LogP contribution in [0.15, 0.2) is 41.8 Å². The third-order valence-corrected chi connectivity index (χ3v) is 3.96. The van der Waals surface area contributed by atoms with Crippen LogP contribution in [0.1, 0.15) is 11.8 Å². The van der Waals surface area contributed by atoms with Crippen LogP contribution in [-0.4, -0.2) is 29.6 Å². The SMILES string of the molecule is CC(Nc1cccc(NC(=O)CO)c1)C(=O)NCc1cccs1. The van der Waals surface area contributed by atoms with E-state index in [9.17, 15) is 9.59 Å². The zero-order valence-electron chi connectivity index (χ0n) is 12.7. The van der Waals surface area contributed by atoms with Crippen molar-refractivity contribution < 1.29 is 14.7 Å². The molecule has 1 aromatic carbocycles. The number of rotatable bonds is 7. The molecule has 0 aliphatic rings. The zero-order valence-corrected chi connectivity index (χ0v) is 13.5. The molecule has 0 fully saturated rings. The Labute approximate surface area is 138 Å². The van der Waals surface area contributed by atoms with Crippen LogP contribution in [0.5, 0.6) is 0 Å². The molecule has 1 unspecified atom stereocenters. The minimum atomic E-state index is -0.570. The van der Waals surface area contributed by atoms with E-state index < -0.39 is 18.6 Å². The maximum Gasteiger partial charge on any atom is 0.250 e. The monoisotopic (exact) mass is 333 g/mol. The number of hydrogen-bond donors (Lipinski definition) is 4. The van der Waals surface area contributed by atoms with Crippen LogP contribution >= 0.6 is 11.3 Å². The van der Waals surface area contributed by atoms with E-state index in [-0.39, 0.29) is 5.91 Å². The second-order valence-electron chi connectivity index (χ2n) is 4.95. The van der Waals surface area contributed by atoms with Gasteiger partial charge in [0.05, 0.1) is 6.54 Å². The summed E-state index contributed by atoms with van der Waals surface area (Å²) in [6.07, 6.45) is 0. The largest absolute Gasteiger partial charge is 0.387 e. The van der Waals surface area contributed by atoms with Crippen LogP contribution in [0, 0.1) is 0 Å². The van der Waals surface area contributed by atoms with Crippen molar-refractivity contribution >= 4 is 34.5 Å². The van der Waals surface area contributed by atoms with E-state index in [0.29, 0.717) is 17.9 Å². The lowest BCUT2D eigenvalue weighted by Crippen LogP contribution is -2.37. The van der Waals surface area contributed by atoms with Gasteiger partial charge in [-0.15, -0.1) is 11.3 Å². The van der Waals surface area contributed by atoms with Crippen molar-refractivity contribution in [1.29, 1.82) is 0 Å². The average Bonchev–Trinajstić information content (AvgIpc) is 3.06. The van der Waals surface area contributed by atoms with Crippen molar-refractivity contribution in [2.45, 2.75) is 19.5 Å². The van der Waals surface area contributed by atoms with Gasteiger partial charge >= 0.3 is 0 Å². The second kappa shape index (κ2) is 8.30. The van der Waals surface area contributed by atoms with E-state index in [1.807, 2.05) is 17.5 Å². The van der Waals surface area contributed by atoms with Crippen molar-refractivity contribution in [2.75, 3.05) is 17.2 Å². The first-order valence-corrected chi connectivity index (χ1v) is 8.04. The van der Waals surface area contributed by atoms with E-state index in [4.69, 9.17) is 5.11 Å². The Kier molecular flexibility index (Phi) is 6.13. The summed E-state index contributed by atoms with van der Waals surface area (Å²) in [6, 6.07) is 10.5. The molecule has 0 saturated heterocycles. The molecule has 23 heavy (non-hydrogen) atoms. The summed E-state index contributed by atoms with van der Waals surface area (Å²) in [5, 5.41) is 19.2. The number of hydrogen-bond acceptors (Lipinski definition) is 5. The summed E-state index contributed by atoms with van der Waals surface area (Å²) >= 11 is 1.59. The highest BCUT2D eigenvalue weighted by molar-refractivity contribution is 7.09. The number of carbonyl (C=O) groups is 2. The second-order valence-corrected chi connectivity index (χ2v) is 5.98. The molecule has 0 aliphatic carbocycles. The summed E-state index contributed by atoms with van der Waals surface area (Å²) in [6.45, 7) is 1.71. The first-order valence-electron chi connectivity index (χ1n) is 7.16. The van der Waals surface area contributed by atoms with Crippen molar-refractivity contribution in [3.05, 3.63) is 46.7 Å². The smallest absolute Gasteiger partial charge is 0.250 e. The molecule has 0 bridgehead atoms. The summed E-state index contributed by atoms with van der Waals surface area (Å²) in [5.74, 6) is -0.591. The molecule has 2 rings (SSSR count). The van der Waals surface area contributed by atoms with Gasteiger partial charge in [-0.2, -0.15) is 0 Å². The maximum atomic E-state index is 12.1. The van der Waals surface area contributed by atoms with Gasteiger partial charge in [0.2, 0.25) is 11.8 Å². The number of aliphatic hydroxyl groups excluding tert-OH is 1.